The van der Waals surface area contributed by atoms with Crippen molar-refractivity contribution in [2.45, 2.75) is 60.8 Å². The molecule has 0 atom stereocenters. The van der Waals surface area contributed by atoms with E-state index in [-0.39, 0.29) is 0 Å². The van der Waals surface area contributed by atoms with Crippen LogP contribution < -0.4 is 5.73 Å². The molecular weight excluding hydrogens is 424 g/mol. The second kappa shape index (κ2) is 18.9. The Kier molecular flexibility index (Phi) is 19.2. The van der Waals surface area contributed by atoms with Crippen LogP contribution in [0.1, 0.15) is 60.8 Å². The van der Waals surface area contributed by atoms with Crippen LogP contribution in [-0.2, 0) is 20.9 Å². The number of nitrogens with zero attached hydrogens (tertiary/aromatic N) is 1. The average Bonchev–Trinajstić information content (AvgIpc) is 2.69. The zero-order valence-electron chi connectivity index (χ0n) is 20.5. The molecule has 9 heteroatoms. The third-order valence-corrected chi connectivity index (χ3v) is 10.2. The lowest BCUT2D eigenvalue weighted by Crippen LogP contribution is -2.33. The second-order valence-corrected chi connectivity index (χ2v) is 11.8. The molecule has 30 heavy (non-hydrogen) atoms. The monoisotopic (exact) mass is 474 g/mol. The molecule has 7 nitrogen and oxygen atoms in total. The van der Waals surface area contributed by atoms with Crippen LogP contribution in [0.5, 0.6) is 0 Å². The summed E-state index contributed by atoms with van der Waals surface area (Å²) in [6.07, 6.45) is 3.09. The van der Waals surface area contributed by atoms with Gasteiger partial charge in [-0.15, -0.1) is 0 Å². The first-order valence-electron chi connectivity index (χ1n) is 11.7. The Morgan fingerprint density at radius 1 is 0.600 bits per heavy atom. The Morgan fingerprint density at radius 3 is 1.47 bits per heavy atom. The predicted octanol–water partition coefficient (Wildman–Crippen LogP) is 4.80. The molecule has 0 aromatic rings. The third-order valence-electron chi connectivity index (χ3n) is 4.32. The summed E-state index contributed by atoms with van der Waals surface area (Å²) >= 11 is 0. The lowest BCUT2D eigenvalue weighted by atomic mass is 10.3. The zero-order chi connectivity index (χ0) is 22.7. The fraction of sp³-hybridized carbons (Fsp3) is 1.00. The molecule has 0 saturated heterocycles. The first kappa shape index (κ1) is 30.4. The molecule has 0 spiro atoms. The van der Waals surface area contributed by atoms with Gasteiger partial charge in [0.25, 0.3) is 0 Å². The topological polar surface area (TPSA) is 75.4 Å². The fourth-order valence-electron chi connectivity index (χ4n) is 3.42. The highest BCUT2D eigenvalue weighted by Crippen LogP contribution is 2.52. The van der Waals surface area contributed by atoms with E-state index in [1.807, 2.05) is 20.8 Å². The summed E-state index contributed by atoms with van der Waals surface area (Å²) < 4.78 is 30.0. The van der Waals surface area contributed by atoms with E-state index in [9.17, 15) is 0 Å². The van der Waals surface area contributed by atoms with E-state index < -0.39 is 21.5 Å². The molecule has 0 bridgehead atoms. The van der Waals surface area contributed by atoms with E-state index in [0.29, 0.717) is 39.6 Å². The van der Waals surface area contributed by atoms with Gasteiger partial charge in [0.05, 0.1) is 43.9 Å². The van der Waals surface area contributed by atoms with Gasteiger partial charge in [0.15, 0.2) is 0 Å². The lowest BCUT2D eigenvalue weighted by Gasteiger charge is -2.43. The molecule has 2 N–H and O–H groups in total. The highest BCUT2D eigenvalue weighted by atomic mass is 32.3. The van der Waals surface area contributed by atoms with Crippen LogP contribution in [0.3, 0.4) is 0 Å². The van der Waals surface area contributed by atoms with Gasteiger partial charge in [0.1, 0.15) is 0 Å². The Labute approximate surface area is 190 Å². The molecule has 0 fully saturated rings. The maximum absolute atomic E-state index is 6.13. The van der Waals surface area contributed by atoms with Crippen LogP contribution in [0.15, 0.2) is 0 Å². The summed E-state index contributed by atoms with van der Waals surface area (Å²) in [7, 11) is -3.35. The average molecular weight is 475 g/mol. The molecule has 0 aliphatic heterocycles. The first-order valence-corrected chi connectivity index (χ1v) is 15.1. The molecule has 0 amide bonds. The molecule has 0 rings (SSSR count). The van der Waals surface area contributed by atoms with Crippen LogP contribution in [-0.4, -0.2) is 81.4 Å². The van der Waals surface area contributed by atoms with Gasteiger partial charge in [0, 0.05) is 30.3 Å². The summed E-state index contributed by atoms with van der Waals surface area (Å²) in [4.78, 5) is 2.43. The van der Waals surface area contributed by atoms with Gasteiger partial charge in [-0.2, -0.15) is 10.6 Å². The van der Waals surface area contributed by atoms with Gasteiger partial charge in [-0.25, -0.2) is 0 Å². The summed E-state index contributed by atoms with van der Waals surface area (Å²) in [5, 5.41) is 0. The van der Waals surface area contributed by atoms with Crippen molar-refractivity contribution in [1.82, 2.24) is 4.90 Å². The standard InChI is InChI=1S/C21H50N2O5S2/c1-7-19-29(24-8-2,25-9-3)20-13-16-23(18-15-22)17-14-21-30(26-10-4,27-11-5)28-12-6/h7-22H2,1-6H3. The molecule has 0 aromatic heterocycles. The minimum Gasteiger partial charge on any atom is -0.329 e. The number of nitrogens with two attached hydrogens (primary N) is 1. The van der Waals surface area contributed by atoms with Crippen molar-refractivity contribution in [3.8, 4) is 0 Å². The molecular formula is C21H50N2O5S2. The molecule has 186 valence electrons. The molecule has 0 aliphatic carbocycles. The summed E-state index contributed by atoms with van der Waals surface area (Å²) in [5.74, 6) is 2.77. The molecule has 0 radical (unpaired) electrons. The van der Waals surface area contributed by atoms with Crippen LogP contribution >= 0.6 is 21.5 Å². The predicted molar refractivity (Wildman–Crippen MR) is 133 cm³/mol. The first-order chi connectivity index (χ1) is 14.5. The van der Waals surface area contributed by atoms with Crippen molar-refractivity contribution < 1.29 is 20.9 Å². The smallest absolute Gasteiger partial charge is 0.0887 e. The van der Waals surface area contributed by atoms with Crippen LogP contribution in [0, 0.1) is 0 Å². The Hall–Kier alpha value is 0.420. The highest BCUT2D eigenvalue weighted by Gasteiger charge is 2.26. The second-order valence-electron chi connectivity index (χ2n) is 6.78. The van der Waals surface area contributed by atoms with E-state index >= 15 is 0 Å². The van der Waals surface area contributed by atoms with E-state index in [0.717, 1.165) is 56.2 Å². The highest BCUT2D eigenvalue weighted by molar-refractivity contribution is 8.25. The molecule has 0 unspecified atom stereocenters. The van der Waals surface area contributed by atoms with Gasteiger partial charge in [-0.1, -0.05) is 6.92 Å². The largest absolute Gasteiger partial charge is 0.329 e. The maximum Gasteiger partial charge on any atom is 0.0887 e. The van der Waals surface area contributed by atoms with E-state index in [1.165, 1.54) is 0 Å². The van der Waals surface area contributed by atoms with Crippen LogP contribution in [0.25, 0.3) is 0 Å². The molecule has 0 aliphatic rings. The SMILES string of the molecule is CCCS(CCCN(CCN)CCCS(OCC)(OCC)OCC)(OCC)OCC. The molecule has 0 aromatic carbocycles. The summed E-state index contributed by atoms with van der Waals surface area (Å²) in [6.45, 7) is 19.0. The van der Waals surface area contributed by atoms with Crippen LogP contribution in [0.2, 0.25) is 0 Å². The van der Waals surface area contributed by atoms with E-state index in [2.05, 4.69) is 25.7 Å². The van der Waals surface area contributed by atoms with E-state index in [1.54, 1.807) is 0 Å². The number of rotatable bonds is 22. The molecule has 0 saturated carbocycles. The van der Waals surface area contributed by atoms with Gasteiger partial charge < -0.3 is 10.6 Å². The van der Waals surface area contributed by atoms with Gasteiger partial charge in [-0.05, 0) is 67.0 Å². The third kappa shape index (κ3) is 12.5. The van der Waals surface area contributed by atoms with Crippen molar-refractivity contribution >= 4 is 21.5 Å². The quantitative estimate of drug-likeness (QED) is 0.241. The van der Waals surface area contributed by atoms with Crippen molar-refractivity contribution in [2.24, 2.45) is 5.73 Å². The van der Waals surface area contributed by atoms with Gasteiger partial charge in [0.2, 0.25) is 0 Å². The van der Waals surface area contributed by atoms with Crippen molar-refractivity contribution in [2.75, 3.05) is 76.5 Å². The fourth-order valence-corrected chi connectivity index (χ4v) is 8.33. The normalized spacial score (nSPS) is 13.9. The molecule has 0 heterocycles. The summed E-state index contributed by atoms with van der Waals surface area (Å²) in [5.41, 5.74) is 5.88. The minimum atomic E-state index is -1.92. The van der Waals surface area contributed by atoms with Crippen molar-refractivity contribution in [3.05, 3.63) is 0 Å². The van der Waals surface area contributed by atoms with Crippen LogP contribution in [0.4, 0.5) is 0 Å². The Balaban J connectivity index is 4.77. The number of hydrogen-bond acceptors (Lipinski definition) is 7. The van der Waals surface area contributed by atoms with E-state index in [4.69, 9.17) is 26.6 Å². The lowest BCUT2D eigenvalue weighted by molar-refractivity contribution is 0.183. The van der Waals surface area contributed by atoms with Gasteiger partial charge in [-0.3, -0.25) is 20.9 Å². The van der Waals surface area contributed by atoms with Crippen molar-refractivity contribution in [3.63, 3.8) is 0 Å². The maximum atomic E-state index is 6.13. The zero-order valence-corrected chi connectivity index (χ0v) is 22.1. The van der Waals surface area contributed by atoms with Crippen molar-refractivity contribution in [1.29, 1.82) is 0 Å². The Morgan fingerprint density at radius 2 is 1.07 bits per heavy atom. The number of hydrogen-bond donors (Lipinski definition) is 1. The minimum absolute atomic E-state index is 0.596. The summed E-state index contributed by atoms with van der Waals surface area (Å²) in [6, 6.07) is 0. The Bertz CT molecular complexity index is 328. The van der Waals surface area contributed by atoms with Gasteiger partial charge >= 0.3 is 0 Å².